The van der Waals surface area contributed by atoms with Gasteiger partial charge in [-0.15, -0.1) is 0 Å². The van der Waals surface area contributed by atoms with Gasteiger partial charge in [0.2, 0.25) is 11.8 Å². The fraction of sp³-hybridized carbons (Fsp3) is 0.364. The largest absolute Gasteiger partial charge is 0.345 e. The molecule has 2 heterocycles. The van der Waals surface area contributed by atoms with Crippen molar-refractivity contribution >= 4 is 17.5 Å². The molecule has 0 radical (unpaired) electrons. The van der Waals surface area contributed by atoms with E-state index in [9.17, 15) is 9.59 Å². The number of pyridine rings is 1. The Morgan fingerprint density at radius 1 is 1.31 bits per heavy atom. The van der Waals surface area contributed by atoms with Gasteiger partial charge in [-0.05, 0) is 26.0 Å². The van der Waals surface area contributed by atoms with Crippen LogP contribution in [0.4, 0.5) is 5.69 Å². The predicted octanol–water partition coefficient (Wildman–Crippen LogP) is 0.161. The summed E-state index contributed by atoms with van der Waals surface area (Å²) in [6.45, 7) is 3.86. The van der Waals surface area contributed by atoms with E-state index in [4.69, 9.17) is 0 Å². The topological polar surface area (TPSA) is 62.3 Å². The number of carbonyl (C=O) groups excluding carboxylic acids is 2. The van der Waals surface area contributed by atoms with Crippen molar-refractivity contribution in [2.45, 2.75) is 13.8 Å². The average molecular weight is 219 g/mol. The van der Waals surface area contributed by atoms with Crippen molar-refractivity contribution in [3.63, 3.8) is 0 Å². The Morgan fingerprint density at radius 2 is 2.06 bits per heavy atom. The molecule has 5 nitrogen and oxygen atoms in total. The van der Waals surface area contributed by atoms with Gasteiger partial charge in [0.25, 0.3) is 0 Å². The van der Waals surface area contributed by atoms with Gasteiger partial charge in [0.1, 0.15) is 6.54 Å². The lowest BCUT2D eigenvalue weighted by Crippen LogP contribution is -2.52. The number of hydrogen-bond acceptors (Lipinski definition) is 3. The molecule has 2 rings (SSSR count). The molecule has 0 saturated carbocycles. The summed E-state index contributed by atoms with van der Waals surface area (Å²) in [5.74, 6) is -0.243. The van der Waals surface area contributed by atoms with Crippen molar-refractivity contribution in [3.8, 4) is 0 Å². The number of aryl methyl sites for hydroxylation is 2. The second kappa shape index (κ2) is 3.92. The summed E-state index contributed by atoms with van der Waals surface area (Å²) in [7, 11) is 0. The van der Waals surface area contributed by atoms with Gasteiger partial charge in [0.15, 0.2) is 0 Å². The Balaban J connectivity index is 2.35. The van der Waals surface area contributed by atoms with Gasteiger partial charge in [0.05, 0.1) is 17.9 Å². The molecule has 2 amide bonds. The lowest BCUT2D eigenvalue weighted by atomic mass is 10.2. The summed E-state index contributed by atoms with van der Waals surface area (Å²) in [4.78, 5) is 28.7. The summed E-state index contributed by atoms with van der Waals surface area (Å²) in [5.41, 5.74) is 2.38. The van der Waals surface area contributed by atoms with Crippen molar-refractivity contribution in [3.05, 3.63) is 23.5 Å². The molecular formula is C11H13N3O2. The summed E-state index contributed by atoms with van der Waals surface area (Å²) in [5, 5.41) is 2.51. The van der Waals surface area contributed by atoms with Gasteiger partial charge in [0, 0.05) is 5.69 Å². The lowest BCUT2D eigenvalue weighted by Gasteiger charge is -2.27. The summed E-state index contributed by atoms with van der Waals surface area (Å²) in [6, 6.07) is 3.66. The molecule has 1 aliphatic heterocycles. The zero-order valence-corrected chi connectivity index (χ0v) is 9.28. The zero-order valence-electron chi connectivity index (χ0n) is 9.28. The first kappa shape index (κ1) is 10.6. The number of aromatic nitrogens is 1. The molecule has 1 fully saturated rings. The molecule has 16 heavy (non-hydrogen) atoms. The van der Waals surface area contributed by atoms with E-state index >= 15 is 0 Å². The third-order valence-corrected chi connectivity index (χ3v) is 2.53. The molecule has 84 valence electrons. The van der Waals surface area contributed by atoms with Crippen LogP contribution < -0.4 is 10.2 Å². The maximum atomic E-state index is 11.7. The molecule has 0 unspecified atom stereocenters. The van der Waals surface area contributed by atoms with Gasteiger partial charge in [-0.1, -0.05) is 0 Å². The van der Waals surface area contributed by atoms with E-state index < -0.39 is 0 Å². The Kier molecular flexibility index (Phi) is 2.60. The van der Waals surface area contributed by atoms with Crippen LogP contribution in [-0.2, 0) is 9.59 Å². The molecule has 0 bridgehead atoms. The molecule has 5 heteroatoms. The number of nitrogens with zero attached hydrogens (tertiary/aromatic N) is 2. The van der Waals surface area contributed by atoms with Crippen LogP contribution in [0.2, 0.25) is 0 Å². The normalized spacial score (nSPS) is 16.2. The van der Waals surface area contributed by atoms with E-state index in [-0.39, 0.29) is 24.9 Å². The first-order valence-corrected chi connectivity index (χ1v) is 5.09. The van der Waals surface area contributed by atoms with Crippen molar-refractivity contribution in [1.29, 1.82) is 0 Å². The standard InChI is InChI=1S/C11H13N3O2/c1-7-3-4-9(8(2)13-7)14-6-10(15)12-5-11(14)16/h3-4H,5-6H2,1-2H3,(H,12,15). The second-order valence-corrected chi connectivity index (χ2v) is 3.81. The van der Waals surface area contributed by atoms with E-state index in [2.05, 4.69) is 10.3 Å². The van der Waals surface area contributed by atoms with Crippen LogP contribution in [0, 0.1) is 13.8 Å². The van der Waals surface area contributed by atoms with Gasteiger partial charge >= 0.3 is 0 Å². The molecular weight excluding hydrogens is 206 g/mol. The third kappa shape index (κ3) is 1.88. The Bertz CT molecular complexity index is 457. The zero-order chi connectivity index (χ0) is 11.7. The fourth-order valence-corrected chi connectivity index (χ4v) is 1.74. The molecule has 0 spiro atoms. The highest BCUT2D eigenvalue weighted by molar-refractivity contribution is 6.04. The molecule has 1 saturated heterocycles. The lowest BCUT2D eigenvalue weighted by molar-refractivity contribution is -0.128. The van der Waals surface area contributed by atoms with Crippen molar-refractivity contribution in [2.24, 2.45) is 0 Å². The minimum Gasteiger partial charge on any atom is -0.345 e. The minimum absolute atomic E-state index is 0.0617. The molecule has 1 aromatic heterocycles. The van der Waals surface area contributed by atoms with Crippen LogP contribution in [0.25, 0.3) is 0 Å². The van der Waals surface area contributed by atoms with Gasteiger partial charge < -0.3 is 5.32 Å². The molecule has 0 aliphatic carbocycles. The first-order chi connectivity index (χ1) is 7.58. The number of rotatable bonds is 1. The average Bonchev–Trinajstić information content (AvgIpc) is 2.22. The van der Waals surface area contributed by atoms with Crippen LogP contribution in [0.5, 0.6) is 0 Å². The quantitative estimate of drug-likeness (QED) is 0.732. The van der Waals surface area contributed by atoms with Gasteiger partial charge in [-0.3, -0.25) is 19.5 Å². The molecule has 1 aliphatic rings. The highest BCUT2D eigenvalue weighted by Gasteiger charge is 2.25. The van der Waals surface area contributed by atoms with E-state index in [0.29, 0.717) is 5.69 Å². The van der Waals surface area contributed by atoms with Gasteiger partial charge in [-0.2, -0.15) is 0 Å². The number of hydrogen-bond donors (Lipinski definition) is 1. The number of amides is 2. The first-order valence-electron chi connectivity index (χ1n) is 5.09. The Labute approximate surface area is 93.5 Å². The van der Waals surface area contributed by atoms with Gasteiger partial charge in [-0.25, -0.2) is 0 Å². The number of nitrogens with one attached hydrogen (secondary N) is 1. The summed E-state index contributed by atoms with van der Waals surface area (Å²) in [6.07, 6.45) is 0. The smallest absolute Gasteiger partial charge is 0.246 e. The summed E-state index contributed by atoms with van der Waals surface area (Å²) < 4.78 is 0. The van der Waals surface area contributed by atoms with Crippen LogP contribution in [0.3, 0.4) is 0 Å². The van der Waals surface area contributed by atoms with E-state index in [0.717, 1.165) is 11.4 Å². The Morgan fingerprint density at radius 3 is 2.75 bits per heavy atom. The summed E-state index contributed by atoms with van der Waals surface area (Å²) >= 11 is 0. The van der Waals surface area contributed by atoms with E-state index in [1.165, 1.54) is 4.90 Å². The monoisotopic (exact) mass is 219 g/mol. The fourth-order valence-electron chi connectivity index (χ4n) is 1.74. The maximum absolute atomic E-state index is 11.7. The van der Waals surface area contributed by atoms with Crippen molar-refractivity contribution in [2.75, 3.05) is 18.0 Å². The van der Waals surface area contributed by atoms with E-state index in [1.54, 1.807) is 0 Å². The number of anilines is 1. The number of piperazine rings is 1. The second-order valence-electron chi connectivity index (χ2n) is 3.81. The highest BCUT2D eigenvalue weighted by atomic mass is 16.2. The maximum Gasteiger partial charge on any atom is 0.246 e. The molecule has 1 N–H and O–H groups in total. The van der Waals surface area contributed by atoms with Crippen LogP contribution in [0.1, 0.15) is 11.4 Å². The Hall–Kier alpha value is -1.91. The molecule has 0 atom stereocenters. The molecule has 1 aromatic rings. The van der Waals surface area contributed by atoms with Crippen molar-refractivity contribution < 1.29 is 9.59 Å². The third-order valence-electron chi connectivity index (χ3n) is 2.53. The number of carbonyl (C=O) groups is 2. The van der Waals surface area contributed by atoms with Crippen LogP contribution >= 0.6 is 0 Å². The van der Waals surface area contributed by atoms with Crippen LogP contribution in [0.15, 0.2) is 12.1 Å². The minimum atomic E-state index is -0.139. The van der Waals surface area contributed by atoms with Crippen LogP contribution in [-0.4, -0.2) is 29.9 Å². The van der Waals surface area contributed by atoms with Crippen molar-refractivity contribution in [1.82, 2.24) is 10.3 Å². The SMILES string of the molecule is Cc1ccc(N2CC(=O)NCC2=O)c(C)n1. The predicted molar refractivity (Wildman–Crippen MR) is 59.1 cm³/mol. The van der Waals surface area contributed by atoms with E-state index in [1.807, 2.05) is 26.0 Å². The molecule has 0 aromatic carbocycles. The highest BCUT2D eigenvalue weighted by Crippen LogP contribution is 2.19.